The first-order valence-corrected chi connectivity index (χ1v) is 5.41. The highest BCUT2D eigenvalue weighted by atomic mass is 16.5. The Balaban J connectivity index is 2.42. The number of methoxy groups -OCH3 is 1. The fourth-order valence-electron chi connectivity index (χ4n) is 1.16. The van der Waals surface area contributed by atoms with Gasteiger partial charge in [0.15, 0.2) is 0 Å². The first-order valence-electron chi connectivity index (χ1n) is 5.41. The minimum atomic E-state index is -0.161. The van der Waals surface area contributed by atoms with Crippen molar-refractivity contribution in [1.29, 1.82) is 0 Å². The summed E-state index contributed by atoms with van der Waals surface area (Å²) in [6, 6.07) is 5.61. The van der Waals surface area contributed by atoms with Crippen LogP contribution < -0.4 is 10.5 Å². The van der Waals surface area contributed by atoms with Crippen molar-refractivity contribution in [3.8, 4) is 5.88 Å². The molecule has 0 aliphatic carbocycles. The molecule has 0 atom stereocenters. The van der Waals surface area contributed by atoms with Crippen LogP contribution in [-0.4, -0.2) is 24.3 Å². The maximum Gasteiger partial charge on any atom is 0.213 e. The second-order valence-electron chi connectivity index (χ2n) is 4.23. The first-order chi connectivity index (χ1) is 7.57. The number of ether oxygens (including phenoxy) is 2. The second-order valence-corrected chi connectivity index (χ2v) is 4.23. The van der Waals surface area contributed by atoms with Crippen LogP contribution in [0, 0.1) is 0 Å². The van der Waals surface area contributed by atoms with Gasteiger partial charge in [0, 0.05) is 26.1 Å². The van der Waals surface area contributed by atoms with Crippen molar-refractivity contribution in [2.24, 2.45) is 5.73 Å². The summed E-state index contributed by atoms with van der Waals surface area (Å²) in [7, 11) is 1.70. The van der Waals surface area contributed by atoms with Crippen molar-refractivity contribution in [3.63, 3.8) is 0 Å². The van der Waals surface area contributed by atoms with Crippen molar-refractivity contribution >= 4 is 0 Å². The zero-order valence-corrected chi connectivity index (χ0v) is 10.2. The first kappa shape index (κ1) is 12.9. The third-order valence-electron chi connectivity index (χ3n) is 2.50. The van der Waals surface area contributed by atoms with Crippen LogP contribution in [0.5, 0.6) is 5.88 Å². The van der Waals surface area contributed by atoms with E-state index in [1.165, 1.54) is 0 Å². The Kier molecular flexibility index (Phi) is 4.71. The van der Waals surface area contributed by atoms with Gasteiger partial charge in [-0.15, -0.1) is 0 Å². The van der Waals surface area contributed by atoms with Crippen LogP contribution in [0.2, 0.25) is 0 Å². The quantitative estimate of drug-likeness (QED) is 0.799. The monoisotopic (exact) mass is 224 g/mol. The molecule has 0 unspecified atom stereocenters. The van der Waals surface area contributed by atoms with E-state index in [4.69, 9.17) is 15.2 Å². The minimum Gasteiger partial charge on any atom is -0.478 e. The smallest absolute Gasteiger partial charge is 0.213 e. The maximum atomic E-state index is 5.54. The fourth-order valence-corrected chi connectivity index (χ4v) is 1.16. The van der Waals surface area contributed by atoms with E-state index in [9.17, 15) is 0 Å². The minimum absolute atomic E-state index is 0.161. The van der Waals surface area contributed by atoms with E-state index in [1.54, 1.807) is 7.11 Å². The lowest BCUT2D eigenvalue weighted by atomic mass is 10.1. The molecule has 16 heavy (non-hydrogen) atoms. The van der Waals surface area contributed by atoms with Crippen LogP contribution in [0.3, 0.4) is 0 Å². The number of aromatic nitrogens is 1. The molecule has 0 bridgehead atoms. The Morgan fingerprint density at radius 1 is 1.38 bits per heavy atom. The molecule has 1 rings (SSSR count). The van der Waals surface area contributed by atoms with Crippen LogP contribution in [0.15, 0.2) is 18.2 Å². The van der Waals surface area contributed by atoms with E-state index in [1.807, 2.05) is 32.0 Å². The topological polar surface area (TPSA) is 57.4 Å². The molecule has 1 heterocycles. The molecule has 0 saturated carbocycles. The van der Waals surface area contributed by atoms with Gasteiger partial charge in [0.25, 0.3) is 0 Å². The van der Waals surface area contributed by atoms with Gasteiger partial charge in [0.05, 0.1) is 17.9 Å². The van der Waals surface area contributed by atoms with Crippen molar-refractivity contribution < 1.29 is 9.47 Å². The molecule has 2 N–H and O–H groups in total. The van der Waals surface area contributed by atoms with Gasteiger partial charge in [-0.1, -0.05) is 6.07 Å². The Morgan fingerprint density at radius 3 is 2.75 bits per heavy atom. The number of hydrogen-bond donors (Lipinski definition) is 1. The average molecular weight is 224 g/mol. The number of hydrogen-bond acceptors (Lipinski definition) is 4. The lowest BCUT2D eigenvalue weighted by Crippen LogP contribution is -2.25. The normalized spacial score (nSPS) is 11.5. The molecule has 90 valence electrons. The van der Waals surface area contributed by atoms with Gasteiger partial charge >= 0.3 is 0 Å². The summed E-state index contributed by atoms with van der Waals surface area (Å²) in [4.78, 5) is 4.25. The van der Waals surface area contributed by atoms with Crippen LogP contribution in [0.25, 0.3) is 0 Å². The predicted octanol–water partition coefficient (Wildman–Crippen LogP) is 1.73. The summed E-state index contributed by atoms with van der Waals surface area (Å²) >= 11 is 0. The third kappa shape index (κ3) is 4.16. The highest BCUT2D eigenvalue weighted by Gasteiger charge is 2.16. The lowest BCUT2D eigenvalue weighted by molar-refractivity contribution is 0.00507. The van der Waals surface area contributed by atoms with Crippen molar-refractivity contribution in [2.75, 3.05) is 13.7 Å². The van der Waals surface area contributed by atoms with Crippen molar-refractivity contribution in [1.82, 2.24) is 4.98 Å². The molecule has 0 aliphatic heterocycles. The summed E-state index contributed by atoms with van der Waals surface area (Å²) in [6.07, 6.45) is 0.817. The molecule has 0 amide bonds. The van der Waals surface area contributed by atoms with E-state index in [2.05, 4.69) is 4.98 Å². The predicted molar refractivity (Wildman–Crippen MR) is 63.3 cm³/mol. The number of nitrogens with zero attached hydrogens (tertiary/aromatic N) is 1. The molecule has 0 fully saturated rings. The zero-order valence-electron chi connectivity index (χ0n) is 10.2. The molecule has 0 aliphatic rings. The van der Waals surface area contributed by atoms with E-state index in [0.717, 1.165) is 12.1 Å². The maximum absolute atomic E-state index is 5.54. The molecular weight excluding hydrogens is 204 g/mol. The van der Waals surface area contributed by atoms with Crippen LogP contribution in [-0.2, 0) is 11.3 Å². The largest absolute Gasteiger partial charge is 0.478 e. The molecule has 4 heteroatoms. The summed E-state index contributed by atoms with van der Waals surface area (Å²) < 4.78 is 10.8. The van der Waals surface area contributed by atoms with E-state index in [0.29, 0.717) is 19.0 Å². The summed E-state index contributed by atoms with van der Waals surface area (Å²) in [5.74, 6) is 0.620. The van der Waals surface area contributed by atoms with Gasteiger partial charge in [0.1, 0.15) is 0 Å². The van der Waals surface area contributed by atoms with Gasteiger partial charge in [-0.05, 0) is 19.9 Å². The molecule has 0 aromatic carbocycles. The molecule has 0 radical (unpaired) electrons. The summed E-state index contributed by atoms with van der Waals surface area (Å²) in [6.45, 7) is 5.07. The van der Waals surface area contributed by atoms with Crippen molar-refractivity contribution in [2.45, 2.75) is 32.4 Å². The Hall–Kier alpha value is -1.13. The SMILES string of the molecule is COC(C)(C)CCOc1cccc(CN)n1. The average Bonchev–Trinajstić information content (AvgIpc) is 2.29. The third-order valence-corrected chi connectivity index (χ3v) is 2.50. The van der Waals surface area contributed by atoms with Gasteiger partial charge in [-0.3, -0.25) is 0 Å². The number of rotatable bonds is 6. The molecule has 1 aromatic heterocycles. The standard InChI is InChI=1S/C12H20N2O2/c1-12(2,15-3)7-8-16-11-6-4-5-10(9-13)14-11/h4-6H,7-9,13H2,1-3H3. The van der Waals surface area contributed by atoms with Gasteiger partial charge in [0.2, 0.25) is 5.88 Å². The second kappa shape index (κ2) is 5.82. The highest BCUT2D eigenvalue weighted by molar-refractivity contribution is 5.15. The van der Waals surface area contributed by atoms with Crippen LogP contribution in [0.1, 0.15) is 26.0 Å². The lowest BCUT2D eigenvalue weighted by Gasteiger charge is -2.22. The fraction of sp³-hybridized carbons (Fsp3) is 0.583. The van der Waals surface area contributed by atoms with Gasteiger partial charge in [-0.2, -0.15) is 0 Å². The van der Waals surface area contributed by atoms with E-state index < -0.39 is 0 Å². The summed E-state index contributed by atoms with van der Waals surface area (Å²) in [5, 5.41) is 0. The molecule has 1 aromatic rings. The highest BCUT2D eigenvalue weighted by Crippen LogP contribution is 2.14. The molecule has 0 spiro atoms. The van der Waals surface area contributed by atoms with Gasteiger partial charge in [-0.25, -0.2) is 4.98 Å². The zero-order chi connectivity index (χ0) is 12.0. The van der Waals surface area contributed by atoms with E-state index in [-0.39, 0.29) is 5.60 Å². The Morgan fingerprint density at radius 2 is 2.12 bits per heavy atom. The van der Waals surface area contributed by atoms with Crippen LogP contribution >= 0.6 is 0 Å². The Labute approximate surface area is 96.8 Å². The van der Waals surface area contributed by atoms with E-state index >= 15 is 0 Å². The number of pyridine rings is 1. The van der Waals surface area contributed by atoms with Crippen LogP contribution in [0.4, 0.5) is 0 Å². The van der Waals surface area contributed by atoms with Gasteiger partial charge < -0.3 is 15.2 Å². The summed E-state index contributed by atoms with van der Waals surface area (Å²) in [5.41, 5.74) is 6.18. The molecule has 4 nitrogen and oxygen atoms in total. The Bertz CT molecular complexity index is 327. The van der Waals surface area contributed by atoms with Crippen molar-refractivity contribution in [3.05, 3.63) is 23.9 Å². The number of nitrogens with two attached hydrogens (primary N) is 1. The molecule has 0 saturated heterocycles. The molecular formula is C12H20N2O2.